The SMILES string of the molecule is CCOC(C(=N)N1CCN(C)CC1)c1ccccc1. The van der Waals surface area contributed by atoms with Crippen molar-refractivity contribution in [3.63, 3.8) is 0 Å². The summed E-state index contributed by atoms with van der Waals surface area (Å²) in [7, 11) is 2.12. The first-order chi connectivity index (χ1) is 9.22. The smallest absolute Gasteiger partial charge is 0.139 e. The van der Waals surface area contributed by atoms with Gasteiger partial charge in [-0.05, 0) is 19.5 Å². The van der Waals surface area contributed by atoms with E-state index in [1.807, 2.05) is 37.3 Å². The van der Waals surface area contributed by atoms with Crippen molar-refractivity contribution in [2.45, 2.75) is 13.0 Å². The van der Waals surface area contributed by atoms with Gasteiger partial charge >= 0.3 is 0 Å². The molecule has 19 heavy (non-hydrogen) atoms. The van der Waals surface area contributed by atoms with E-state index < -0.39 is 0 Å². The lowest BCUT2D eigenvalue weighted by molar-refractivity contribution is 0.0935. The third-order valence-corrected chi connectivity index (χ3v) is 3.53. The lowest BCUT2D eigenvalue weighted by Crippen LogP contribution is -2.48. The standard InChI is InChI=1S/C15H23N3O/c1-3-19-14(13-7-5-4-6-8-13)15(16)18-11-9-17(2)10-12-18/h4-8,14,16H,3,9-12H2,1-2H3. The van der Waals surface area contributed by atoms with E-state index in [1.54, 1.807) is 0 Å². The van der Waals surface area contributed by atoms with Crippen LogP contribution in [0.5, 0.6) is 0 Å². The number of rotatable bonds is 4. The minimum Gasteiger partial charge on any atom is -0.366 e. The van der Waals surface area contributed by atoms with E-state index in [4.69, 9.17) is 10.1 Å². The summed E-state index contributed by atoms with van der Waals surface area (Å²) in [6.07, 6.45) is -0.241. The van der Waals surface area contributed by atoms with Gasteiger partial charge in [0.25, 0.3) is 0 Å². The van der Waals surface area contributed by atoms with Crippen LogP contribution < -0.4 is 0 Å². The number of nitrogens with zero attached hydrogens (tertiary/aromatic N) is 2. The highest BCUT2D eigenvalue weighted by atomic mass is 16.5. The van der Waals surface area contributed by atoms with Crippen LogP contribution in [0.1, 0.15) is 18.6 Å². The molecule has 4 heteroatoms. The fourth-order valence-corrected chi connectivity index (χ4v) is 2.34. The number of likely N-dealkylation sites (N-methyl/N-ethyl adjacent to an activating group) is 1. The van der Waals surface area contributed by atoms with Crippen LogP contribution in [0.4, 0.5) is 0 Å². The monoisotopic (exact) mass is 261 g/mol. The van der Waals surface area contributed by atoms with Crippen LogP contribution in [-0.2, 0) is 4.74 Å². The molecule has 2 rings (SSSR count). The molecule has 0 aliphatic carbocycles. The summed E-state index contributed by atoms with van der Waals surface area (Å²) in [5, 5.41) is 8.43. The zero-order valence-corrected chi connectivity index (χ0v) is 11.8. The molecule has 0 radical (unpaired) electrons. The molecule has 1 aromatic rings. The molecular formula is C15H23N3O. The van der Waals surface area contributed by atoms with Gasteiger partial charge in [-0.2, -0.15) is 0 Å². The van der Waals surface area contributed by atoms with Gasteiger partial charge in [0.2, 0.25) is 0 Å². The Balaban J connectivity index is 2.08. The molecule has 4 nitrogen and oxygen atoms in total. The largest absolute Gasteiger partial charge is 0.366 e. The lowest BCUT2D eigenvalue weighted by atomic mass is 10.1. The summed E-state index contributed by atoms with van der Waals surface area (Å²) in [6, 6.07) is 10.1. The van der Waals surface area contributed by atoms with Gasteiger partial charge in [0.1, 0.15) is 11.9 Å². The van der Waals surface area contributed by atoms with Crippen LogP contribution in [0.25, 0.3) is 0 Å². The third-order valence-electron chi connectivity index (χ3n) is 3.53. The zero-order valence-electron chi connectivity index (χ0n) is 11.8. The molecule has 1 heterocycles. The Labute approximate surface area is 115 Å². The van der Waals surface area contributed by atoms with Gasteiger partial charge in [-0.3, -0.25) is 5.41 Å². The number of benzene rings is 1. The molecule has 104 valence electrons. The molecule has 1 saturated heterocycles. The first-order valence-corrected chi connectivity index (χ1v) is 6.91. The van der Waals surface area contributed by atoms with Gasteiger partial charge in [-0.1, -0.05) is 30.3 Å². The highest BCUT2D eigenvalue weighted by Crippen LogP contribution is 2.21. The van der Waals surface area contributed by atoms with Gasteiger partial charge < -0.3 is 14.5 Å². The quantitative estimate of drug-likeness (QED) is 0.665. The molecule has 1 fully saturated rings. The number of ether oxygens (including phenoxy) is 1. The van der Waals surface area contributed by atoms with E-state index in [9.17, 15) is 0 Å². The lowest BCUT2D eigenvalue weighted by Gasteiger charge is -2.36. The molecule has 0 amide bonds. The van der Waals surface area contributed by atoms with E-state index in [2.05, 4.69) is 16.8 Å². The molecule has 0 spiro atoms. The highest BCUT2D eigenvalue weighted by molar-refractivity contribution is 5.85. The first-order valence-electron chi connectivity index (χ1n) is 6.91. The summed E-state index contributed by atoms with van der Waals surface area (Å²) in [5.41, 5.74) is 1.06. The average molecular weight is 261 g/mol. The Hall–Kier alpha value is -1.39. The van der Waals surface area contributed by atoms with E-state index >= 15 is 0 Å². The number of hydrogen-bond donors (Lipinski definition) is 1. The molecule has 0 aromatic heterocycles. The normalized spacial score (nSPS) is 18.3. The number of nitrogens with one attached hydrogen (secondary N) is 1. The van der Waals surface area contributed by atoms with Crippen LogP contribution in [0.15, 0.2) is 30.3 Å². The minimum absolute atomic E-state index is 0.241. The summed E-state index contributed by atoms with van der Waals surface area (Å²) >= 11 is 0. The Morgan fingerprint density at radius 2 is 1.84 bits per heavy atom. The van der Waals surface area contributed by atoms with Gasteiger partial charge in [-0.25, -0.2) is 0 Å². The number of amidine groups is 1. The van der Waals surface area contributed by atoms with Crippen molar-refractivity contribution in [1.82, 2.24) is 9.80 Å². The molecule has 1 atom stereocenters. The zero-order chi connectivity index (χ0) is 13.7. The maximum atomic E-state index is 8.43. The maximum Gasteiger partial charge on any atom is 0.139 e. The van der Waals surface area contributed by atoms with Gasteiger partial charge in [0, 0.05) is 32.8 Å². The van der Waals surface area contributed by atoms with Crippen molar-refractivity contribution in [1.29, 1.82) is 5.41 Å². The fraction of sp³-hybridized carbons (Fsp3) is 0.533. The van der Waals surface area contributed by atoms with Crippen molar-refractivity contribution < 1.29 is 4.74 Å². The maximum absolute atomic E-state index is 8.43. The van der Waals surface area contributed by atoms with Crippen LogP contribution in [-0.4, -0.2) is 55.5 Å². The van der Waals surface area contributed by atoms with Crippen LogP contribution in [0.2, 0.25) is 0 Å². The molecule has 0 saturated carbocycles. The average Bonchev–Trinajstić information content (AvgIpc) is 2.46. The van der Waals surface area contributed by atoms with E-state index in [0.29, 0.717) is 12.4 Å². The minimum atomic E-state index is -0.241. The second kappa shape index (κ2) is 6.68. The van der Waals surface area contributed by atoms with E-state index in [0.717, 1.165) is 31.7 Å². The summed E-state index contributed by atoms with van der Waals surface area (Å²) in [4.78, 5) is 4.43. The van der Waals surface area contributed by atoms with Gasteiger partial charge in [0.15, 0.2) is 0 Å². The van der Waals surface area contributed by atoms with E-state index in [-0.39, 0.29) is 6.10 Å². The molecule has 0 bridgehead atoms. The second-order valence-corrected chi connectivity index (χ2v) is 4.92. The summed E-state index contributed by atoms with van der Waals surface area (Å²) in [5.74, 6) is 0.584. The van der Waals surface area contributed by atoms with Crippen molar-refractivity contribution in [3.8, 4) is 0 Å². The van der Waals surface area contributed by atoms with Gasteiger partial charge in [-0.15, -0.1) is 0 Å². The van der Waals surface area contributed by atoms with Crippen LogP contribution in [0, 0.1) is 5.41 Å². The van der Waals surface area contributed by atoms with Crippen LogP contribution in [0.3, 0.4) is 0 Å². The topological polar surface area (TPSA) is 39.6 Å². The molecule has 1 N–H and O–H groups in total. The Morgan fingerprint density at radius 3 is 2.42 bits per heavy atom. The highest BCUT2D eigenvalue weighted by Gasteiger charge is 2.24. The molecule has 1 aliphatic heterocycles. The van der Waals surface area contributed by atoms with Crippen LogP contribution >= 0.6 is 0 Å². The Morgan fingerprint density at radius 1 is 1.21 bits per heavy atom. The summed E-state index contributed by atoms with van der Waals surface area (Å²) in [6.45, 7) is 6.44. The Bertz CT molecular complexity index is 399. The van der Waals surface area contributed by atoms with Crippen molar-refractivity contribution >= 4 is 5.84 Å². The van der Waals surface area contributed by atoms with Gasteiger partial charge in [0.05, 0.1) is 0 Å². The molecule has 1 unspecified atom stereocenters. The molecule has 1 aromatic carbocycles. The predicted molar refractivity (Wildman–Crippen MR) is 77.6 cm³/mol. The van der Waals surface area contributed by atoms with E-state index in [1.165, 1.54) is 0 Å². The number of piperazine rings is 1. The fourth-order valence-electron chi connectivity index (χ4n) is 2.34. The second-order valence-electron chi connectivity index (χ2n) is 4.92. The molecule has 1 aliphatic rings. The van der Waals surface area contributed by atoms with Crippen molar-refractivity contribution in [2.75, 3.05) is 39.8 Å². The molecular weight excluding hydrogens is 238 g/mol. The summed E-state index contributed by atoms with van der Waals surface area (Å²) < 4.78 is 5.79. The Kier molecular flexibility index (Phi) is 4.93. The van der Waals surface area contributed by atoms with Crippen molar-refractivity contribution in [3.05, 3.63) is 35.9 Å². The first kappa shape index (κ1) is 14.0. The number of hydrogen-bond acceptors (Lipinski definition) is 3. The predicted octanol–water partition coefficient (Wildman–Crippen LogP) is 1.99. The van der Waals surface area contributed by atoms with Crippen molar-refractivity contribution in [2.24, 2.45) is 0 Å². The third kappa shape index (κ3) is 3.55.